The molecule has 0 fully saturated rings. The quantitative estimate of drug-likeness (QED) is 0.00787. The molecule has 0 heterocycles. The lowest BCUT2D eigenvalue weighted by atomic mass is 10.1. The van der Waals surface area contributed by atoms with Crippen molar-refractivity contribution in [3.63, 3.8) is 0 Å². The summed E-state index contributed by atoms with van der Waals surface area (Å²) in [4.78, 5) is 52.1. The minimum Gasteiger partial charge on any atom is -0.421 e. The van der Waals surface area contributed by atoms with Gasteiger partial charge in [-0.15, -0.1) is 0 Å². The van der Waals surface area contributed by atoms with Gasteiger partial charge >= 0.3 is 5.97 Å². The fraction of sp³-hybridized carbons (Fsp3) is 0.433. The molecule has 2 aromatic carbocycles. The third kappa shape index (κ3) is 15.0. The van der Waals surface area contributed by atoms with E-state index in [0.29, 0.717) is 31.5 Å². The SMILES string of the molecule is N=C(N)c1ccc(CNC(=O)[C@H](CCCNC(N)N)NC(=O)[C@H](CO)NN[C@@H](CCCNC(N)N)C(=O)C(=O)Oc2ccccc2)cc1. The predicted molar refractivity (Wildman–Crippen MR) is 178 cm³/mol. The third-order valence-corrected chi connectivity index (χ3v) is 6.87. The maximum Gasteiger partial charge on any atom is 0.381 e. The number of esters is 1. The summed E-state index contributed by atoms with van der Waals surface area (Å²) in [6.45, 7) is 0.0890. The molecule has 2 rings (SSSR count). The number of amides is 2. The number of amidine groups is 1. The van der Waals surface area contributed by atoms with Crippen molar-refractivity contribution in [3.8, 4) is 5.75 Å². The number of carbonyl (C=O) groups is 4. The molecule has 0 aliphatic rings. The Morgan fingerprint density at radius 3 is 1.88 bits per heavy atom. The van der Waals surface area contributed by atoms with Crippen LogP contribution < -0.4 is 65.5 Å². The lowest BCUT2D eigenvalue weighted by Gasteiger charge is -2.25. The van der Waals surface area contributed by atoms with Crippen LogP contribution in [0.5, 0.6) is 5.75 Å². The van der Waals surface area contributed by atoms with Crippen LogP contribution in [0.1, 0.15) is 36.8 Å². The van der Waals surface area contributed by atoms with Gasteiger partial charge in [-0.05, 0) is 56.5 Å². The van der Waals surface area contributed by atoms with Crippen molar-refractivity contribution in [2.24, 2.45) is 28.7 Å². The van der Waals surface area contributed by atoms with Crippen LogP contribution >= 0.6 is 0 Å². The van der Waals surface area contributed by atoms with Gasteiger partial charge in [-0.3, -0.25) is 30.4 Å². The van der Waals surface area contributed by atoms with Crippen molar-refractivity contribution in [2.45, 2.75) is 62.9 Å². The first kappa shape index (κ1) is 39.8. The first-order valence-corrected chi connectivity index (χ1v) is 15.3. The highest BCUT2D eigenvalue weighted by molar-refractivity contribution is 6.36. The molecule has 3 atom stereocenters. The summed E-state index contributed by atoms with van der Waals surface area (Å²) in [7, 11) is 0. The largest absolute Gasteiger partial charge is 0.421 e. The van der Waals surface area contributed by atoms with Crippen LogP contribution in [-0.4, -0.2) is 84.9 Å². The summed E-state index contributed by atoms with van der Waals surface area (Å²) in [6.07, 6.45) is -0.491. The Morgan fingerprint density at radius 1 is 0.771 bits per heavy atom. The Kier molecular flexibility index (Phi) is 17.8. The number of ether oxygens (including phenoxy) is 1. The minimum atomic E-state index is -1.33. The predicted octanol–water partition coefficient (Wildman–Crippen LogP) is -3.79. The molecule has 0 aliphatic heterocycles. The van der Waals surface area contributed by atoms with E-state index in [1.165, 1.54) is 12.1 Å². The normalized spacial score (nSPS) is 13.1. The van der Waals surface area contributed by atoms with E-state index in [1.807, 2.05) is 0 Å². The minimum absolute atomic E-state index is 0.0863. The van der Waals surface area contributed by atoms with E-state index in [9.17, 15) is 24.3 Å². The average molecular weight is 673 g/mol. The summed E-state index contributed by atoms with van der Waals surface area (Å²) >= 11 is 0. The number of carbonyl (C=O) groups excluding carboxylic acids is 4. The molecule has 18 heteroatoms. The Labute approximate surface area is 278 Å². The Bertz CT molecular complexity index is 1310. The van der Waals surface area contributed by atoms with E-state index < -0.39 is 60.9 Å². The molecule has 0 saturated carbocycles. The molecular weight excluding hydrogens is 624 g/mol. The molecule has 48 heavy (non-hydrogen) atoms. The Balaban J connectivity index is 2.08. The Morgan fingerprint density at radius 2 is 1.33 bits per heavy atom. The lowest BCUT2D eigenvalue weighted by Crippen LogP contribution is -2.59. The number of hydrogen-bond acceptors (Lipinski definition) is 15. The monoisotopic (exact) mass is 672 g/mol. The van der Waals surface area contributed by atoms with Gasteiger partial charge in [-0.1, -0.05) is 42.5 Å². The van der Waals surface area contributed by atoms with Gasteiger partial charge in [0.25, 0.3) is 5.78 Å². The van der Waals surface area contributed by atoms with Crippen LogP contribution in [0.4, 0.5) is 0 Å². The van der Waals surface area contributed by atoms with Gasteiger partial charge < -0.3 is 49.1 Å². The highest BCUT2D eigenvalue weighted by Gasteiger charge is 2.30. The van der Waals surface area contributed by atoms with Gasteiger partial charge in [0, 0.05) is 12.1 Å². The van der Waals surface area contributed by atoms with Crippen LogP contribution in [0.15, 0.2) is 54.6 Å². The Hall–Kier alpha value is -4.37. The van der Waals surface area contributed by atoms with Gasteiger partial charge in [-0.25, -0.2) is 15.6 Å². The van der Waals surface area contributed by atoms with E-state index in [2.05, 4.69) is 32.1 Å². The maximum absolute atomic E-state index is 13.2. The summed E-state index contributed by atoms with van der Waals surface area (Å²) in [5.41, 5.74) is 34.1. The van der Waals surface area contributed by atoms with Gasteiger partial charge in [0.15, 0.2) is 0 Å². The zero-order chi connectivity index (χ0) is 35.5. The number of rotatable bonds is 23. The molecule has 0 aliphatic carbocycles. The summed E-state index contributed by atoms with van der Waals surface area (Å²) in [6, 6.07) is 11.2. The second kappa shape index (κ2) is 21.5. The van der Waals surface area contributed by atoms with E-state index in [-0.39, 0.29) is 31.0 Å². The van der Waals surface area contributed by atoms with Crippen LogP contribution in [0.2, 0.25) is 0 Å². The van der Waals surface area contributed by atoms with Crippen molar-refractivity contribution in [1.82, 2.24) is 32.1 Å². The molecule has 2 amide bonds. The van der Waals surface area contributed by atoms with Crippen molar-refractivity contribution in [1.29, 1.82) is 5.41 Å². The second-order valence-electron chi connectivity index (χ2n) is 10.8. The third-order valence-electron chi connectivity index (χ3n) is 6.87. The molecule has 0 aromatic heterocycles. The van der Waals surface area contributed by atoms with Crippen molar-refractivity contribution < 1.29 is 29.0 Å². The van der Waals surface area contributed by atoms with Crippen LogP contribution in [0.3, 0.4) is 0 Å². The molecule has 0 saturated heterocycles. The number of benzene rings is 2. The molecule has 0 spiro atoms. The fourth-order valence-electron chi connectivity index (χ4n) is 4.26. The lowest BCUT2D eigenvalue weighted by molar-refractivity contribution is -0.148. The standard InChI is InChI=1S/C30H48N12O6/c31-25(32)19-12-10-18(11-13-19)16-39-26(45)22(9-5-15-38-30(35)36)40-27(46)23(17-43)42-41-21(8-4-14-37-29(33)34)24(44)28(47)48-20-6-2-1-3-7-20/h1-3,6-7,10-13,21-23,29-30,37-38,41-43H,4-5,8-9,14-17,33-36H2,(H3,31,32)(H,39,45)(H,40,46)/t21-,22-,23-/m0/s1. The van der Waals surface area contributed by atoms with Gasteiger partial charge in [0.1, 0.15) is 36.2 Å². The van der Waals surface area contributed by atoms with Crippen molar-refractivity contribution >= 4 is 29.4 Å². The molecule has 2 aromatic rings. The molecule has 0 unspecified atom stereocenters. The first-order valence-electron chi connectivity index (χ1n) is 15.3. The molecule has 0 bridgehead atoms. The van der Waals surface area contributed by atoms with Gasteiger partial charge in [-0.2, -0.15) is 0 Å². The number of nitrogens with two attached hydrogens (primary N) is 5. The topological polar surface area (TPSA) is 324 Å². The zero-order valence-electron chi connectivity index (χ0n) is 26.6. The first-order chi connectivity index (χ1) is 22.9. The summed E-state index contributed by atoms with van der Waals surface area (Å²) < 4.78 is 5.17. The molecule has 18 N–H and O–H groups in total. The average Bonchev–Trinajstić information content (AvgIpc) is 3.06. The number of nitrogen functional groups attached to an aromatic ring is 1. The van der Waals surface area contributed by atoms with Crippen LogP contribution in [0, 0.1) is 5.41 Å². The number of hydrogen-bond donors (Lipinski definition) is 13. The molecule has 18 nitrogen and oxygen atoms in total. The molecule has 264 valence electrons. The maximum atomic E-state index is 13.2. The number of nitrogens with one attached hydrogen (secondary N) is 7. The fourth-order valence-corrected chi connectivity index (χ4v) is 4.26. The van der Waals surface area contributed by atoms with E-state index in [1.54, 1.807) is 42.5 Å². The second-order valence-corrected chi connectivity index (χ2v) is 10.8. The zero-order valence-corrected chi connectivity index (χ0v) is 26.6. The summed E-state index contributed by atoms with van der Waals surface area (Å²) in [5, 5.41) is 28.6. The highest BCUT2D eigenvalue weighted by atomic mass is 16.5. The number of ketones is 1. The number of Topliss-reactive ketones (excluding diaryl/α,β-unsaturated/α-hetero) is 1. The molecular formula is C30H48N12O6. The van der Waals surface area contributed by atoms with E-state index >= 15 is 0 Å². The molecule has 0 radical (unpaired) electrons. The number of para-hydroxylation sites is 1. The van der Waals surface area contributed by atoms with Gasteiger partial charge in [0.05, 0.1) is 12.6 Å². The number of aliphatic hydroxyl groups is 1. The summed E-state index contributed by atoms with van der Waals surface area (Å²) in [5.74, 6) is -3.23. The smallest absolute Gasteiger partial charge is 0.381 e. The van der Waals surface area contributed by atoms with Crippen molar-refractivity contribution in [3.05, 3.63) is 65.7 Å². The van der Waals surface area contributed by atoms with Crippen molar-refractivity contribution in [2.75, 3.05) is 19.7 Å². The number of hydrazine groups is 1. The van der Waals surface area contributed by atoms with Crippen LogP contribution in [0.25, 0.3) is 0 Å². The van der Waals surface area contributed by atoms with Crippen LogP contribution in [-0.2, 0) is 25.7 Å². The van der Waals surface area contributed by atoms with E-state index in [4.69, 9.17) is 38.8 Å². The van der Waals surface area contributed by atoms with E-state index in [0.717, 1.165) is 5.56 Å². The number of aliphatic hydroxyl groups excluding tert-OH is 1. The highest BCUT2D eigenvalue weighted by Crippen LogP contribution is 2.10. The van der Waals surface area contributed by atoms with Gasteiger partial charge in [0.2, 0.25) is 11.8 Å².